The highest BCUT2D eigenvalue weighted by Gasteiger charge is 2.20. The number of carbonyl (C=O) groups is 1. The normalized spacial score (nSPS) is 13.5. The third kappa shape index (κ3) is 5.36. The van der Waals surface area contributed by atoms with Crippen LogP contribution in [0.3, 0.4) is 0 Å². The smallest absolute Gasteiger partial charge is 0.239 e. The van der Waals surface area contributed by atoms with Gasteiger partial charge in [-0.05, 0) is 39.2 Å². The molecule has 0 aromatic heterocycles. The molecule has 0 aliphatic carbocycles. The Labute approximate surface area is 142 Å². The summed E-state index contributed by atoms with van der Waals surface area (Å²) in [6.07, 6.45) is 1.76. The molecule has 0 fully saturated rings. The Bertz CT molecular complexity index is 690. The number of fused-ring (bicyclic) bond motifs is 1. The minimum atomic E-state index is -3.45. The topological polar surface area (TPSA) is 88.2 Å². The number of hydrogen-bond acceptors (Lipinski definition) is 6. The van der Waals surface area contributed by atoms with Gasteiger partial charge in [-0.25, -0.2) is 8.42 Å². The van der Waals surface area contributed by atoms with Crippen molar-refractivity contribution in [2.45, 2.75) is 6.42 Å². The van der Waals surface area contributed by atoms with Crippen molar-refractivity contribution in [2.24, 2.45) is 0 Å². The van der Waals surface area contributed by atoms with Gasteiger partial charge in [0.1, 0.15) is 0 Å². The van der Waals surface area contributed by atoms with E-state index in [4.69, 9.17) is 9.47 Å². The molecule has 0 atom stereocenters. The molecule has 0 unspecified atom stereocenters. The Hall–Kier alpha value is -1.84. The van der Waals surface area contributed by atoms with Crippen LogP contribution in [0.2, 0.25) is 0 Å². The van der Waals surface area contributed by atoms with Crippen molar-refractivity contribution in [3.63, 3.8) is 0 Å². The van der Waals surface area contributed by atoms with E-state index in [0.29, 0.717) is 30.2 Å². The third-order valence-electron chi connectivity index (χ3n) is 3.46. The average Bonchev–Trinajstić information content (AvgIpc) is 2.92. The molecule has 8 nitrogen and oxygen atoms in total. The summed E-state index contributed by atoms with van der Waals surface area (Å²) >= 11 is 0. The molecule has 0 radical (unpaired) electrons. The molecule has 1 N–H and O–H groups in total. The van der Waals surface area contributed by atoms with Crippen molar-refractivity contribution in [3.8, 4) is 11.5 Å². The van der Waals surface area contributed by atoms with Crippen LogP contribution in [0.15, 0.2) is 18.2 Å². The highest BCUT2D eigenvalue weighted by Crippen LogP contribution is 2.34. The van der Waals surface area contributed by atoms with Crippen molar-refractivity contribution in [2.75, 3.05) is 52.1 Å². The zero-order valence-corrected chi connectivity index (χ0v) is 14.9. The SMILES string of the molecule is CN(C)CCCN(CC(=O)Nc1ccc2c(c1)OCO2)S(C)(=O)=O. The van der Waals surface area contributed by atoms with Gasteiger partial charge in [0.15, 0.2) is 11.5 Å². The van der Waals surface area contributed by atoms with Crippen molar-refractivity contribution >= 4 is 21.6 Å². The standard InChI is InChI=1S/C15H23N3O5S/c1-17(2)7-4-8-18(24(3,20)21)10-15(19)16-12-5-6-13-14(9-12)23-11-22-13/h5-6,9H,4,7-8,10-11H2,1-3H3,(H,16,19). The summed E-state index contributed by atoms with van der Waals surface area (Å²) in [4.78, 5) is 14.1. The highest BCUT2D eigenvalue weighted by molar-refractivity contribution is 7.88. The Balaban J connectivity index is 1.94. The van der Waals surface area contributed by atoms with Gasteiger partial charge in [-0.15, -0.1) is 0 Å². The Morgan fingerprint density at radius 1 is 1.21 bits per heavy atom. The fourth-order valence-corrected chi connectivity index (χ4v) is 3.07. The van der Waals surface area contributed by atoms with Crippen LogP contribution in [0.5, 0.6) is 11.5 Å². The van der Waals surface area contributed by atoms with E-state index in [9.17, 15) is 13.2 Å². The number of sulfonamides is 1. The molecule has 1 aromatic carbocycles. The van der Waals surface area contributed by atoms with E-state index in [0.717, 1.165) is 12.8 Å². The van der Waals surface area contributed by atoms with E-state index in [1.54, 1.807) is 18.2 Å². The summed E-state index contributed by atoms with van der Waals surface area (Å²) in [5.74, 6) is 0.775. The second kappa shape index (κ2) is 7.82. The van der Waals surface area contributed by atoms with E-state index in [1.165, 1.54) is 4.31 Å². The molecule has 1 aliphatic rings. The lowest BCUT2D eigenvalue weighted by Crippen LogP contribution is -2.38. The molecule has 0 bridgehead atoms. The largest absolute Gasteiger partial charge is 0.454 e. The minimum Gasteiger partial charge on any atom is -0.454 e. The van der Waals surface area contributed by atoms with Crippen LogP contribution in [0.25, 0.3) is 0 Å². The monoisotopic (exact) mass is 357 g/mol. The van der Waals surface area contributed by atoms with Crippen molar-refractivity contribution in [3.05, 3.63) is 18.2 Å². The number of ether oxygens (including phenoxy) is 2. The third-order valence-corrected chi connectivity index (χ3v) is 4.71. The van der Waals surface area contributed by atoms with Gasteiger partial charge in [-0.1, -0.05) is 0 Å². The number of nitrogens with zero attached hydrogens (tertiary/aromatic N) is 2. The van der Waals surface area contributed by atoms with Gasteiger partial charge in [0.05, 0.1) is 12.8 Å². The van der Waals surface area contributed by atoms with Gasteiger partial charge < -0.3 is 19.7 Å². The molecular weight excluding hydrogens is 334 g/mol. The zero-order chi connectivity index (χ0) is 17.7. The predicted molar refractivity (Wildman–Crippen MR) is 90.8 cm³/mol. The maximum absolute atomic E-state index is 12.2. The van der Waals surface area contributed by atoms with Crippen LogP contribution in [0, 0.1) is 0 Å². The lowest BCUT2D eigenvalue weighted by Gasteiger charge is -2.20. The maximum atomic E-state index is 12.2. The summed E-state index contributed by atoms with van der Waals surface area (Å²) in [6.45, 7) is 0.975. The minimum absolute atomic E-state index is 0.153. The highest BCUT2D eigenvalue weighted by atomic mass is 32.2. The van der Waals surface area contributed by atoms with E-state index in [-0.39, 0.29) is 13.3 Å². The number of nitrogens with one attached hydrogen (secondary N) is 1. The molecule has 2 rings (SSSR count). The maximum Gasteiger partial charge on any atom is 0.239 e. The lowest BCUT2D eigenvalue weighted by molar-refractivity contribution is -0.116. The number of amides is 1. The summed E-state index contributed by atoms with van der Waals surface area (Å²) in [7, 11) is 0.377. The fraction of sp³-hybridized carbons (Fsp3) is 0.533. The van der Waals surface area contributed by atoms with Crippen LogP contribution in [-0.4, -0.2) is 70.3 Å². The number of hydrogen-bond donors (Lipinski definition) is 1. The number of carbonyl (C=O) groups excluding carboxylic acids is 1. The van der Waals surface area contributed by atoms with Crippen LogP contribution < -0.4 is 14.8 Å². The molecule has 1 amide bonds. The zero-order valence-electron chi connectivity index (χ0n) is 14.1. The fourth-order valence-electron chi connectivity index (χ4n) is 2.26. The Morgan fingerprint density at radius 3 is 2.58 bits per heavy atom. The molecule has 0 saturated carbocycles. The first-order valence-electron chi connectivity index (χ1n) is 7.55. The van der Waals surface area contributed by atoms with Gasteiger partial charge in [0.25, 0.3) is 0 Å². The van der Waals surface area contributed by atoms with Crippen molar-refractivity contribution in [1.29, 1.82) is 0 Å². The molecule has 1 aliphatic heterocycles. The summed E-state index contributed by atoms with van der Waals surface area (Å²) in [5, 5.41) is 2.68. The van der Waals surface area contributed by atoms with E-state index >= 15 is 0 Å². The molecular formula is C15H23N3O5S. The molecule has 134 valence electrons. The first kappa shape index (κ1) is 18.5. The molecule has 24 heavy (non-hydrogen) atoms. The Kier molecular flexibility index (Phi) is 6.03. The van der Waals surface area contributed by atoms with Gasteiger partial charge in [0.2, 0.25) is 22.7 Å². The quantitative estimate of drug-likeness (QED) is 0.732. The molecule has 1 aromatic rings. The second-order valence-electron chi connectivity index (χ2n) is 5.87. The van der Waals surface area contributed by atoms with Crippen molar-refractivity contribution < 1.29 is 22.7 Å². The second-order valence-corrected chi connectivity index (χ2v) is 7.85. The van der Waals surface area contributed by atoms with Crippen LogP contribution in [-0.2, 0) is 14.8 Å². The molecule has 0 saturated heterocycles. The number of anilines is 1. The van der Waals surface area contributed by atoms with E-state index in [1.807, 2.05) is 19.0 Å². The van der Waals surface area contributed by atoms with E-state index in [2.05, 4.69) is 5.32 Å². The number of benzene rings is 1. The van der Waals surface area contributed by atoms with Gasteiger partial charge >= 0.3 is 0 Å². The predicted octanol–water partition coefficient (Wildman–Crippen LogP) is 0.567. The van der Waals surface area contributed by atoms with Gasteiger partial charge in [-0.2, -0.15) is 4.31 Å². The molecule has 1 heterocycles. The van der Waals surface area contributed by atoms with Gasteiger partial charge in [0, 0.05) is 18.3 Å². The lowest BCUT2D eigenvalue weighted by atomic mass is 10.3. The van der Waals surface area contributed by atoms with Crippen LogP contribution in [0.4, 0.5) is 5.69 Å². The van der Waals surface area contributed by atoms with Crippen LogP contribution >= 0.6 is 0 Å². The summed E-state index contributed by atoms with van der Waals surface area (Å²) in [6, 6.07) is 5.03. The van der Waals surface area contributed by atoms with Crippen LogP contribution in [0.1, 0.15) is 6.42 Å². The average molecular weight is 357 g/mol. The Morgan fingerprint density at radius 2 is 1.92 bits per heavy atom. The van der Waals surface area contributed by atoms with Crippen molar-refractivity contribution in [1.82, 2.24) is 9.21 Å². The van der Waals surface area contributed by atoms with E-state index < -0.39 is 15.9 Å². The summed E-state index contributed by atoms with van der Waals surface area (Å²) in [5.41, 5.74) is 0.533. The van der Waals surface area contributed by atoms with Gasteiger partial charge in [-0.3, -0.25) is 4.79 Å². The first-order chi connectivity index (χ1) is 11.3. The summed E-state index contributed by atoms with van der Waals surface area (Å²) < 4.78 is 35.3. The molecule has 0 spiro atoms. The first-order valence-corrected chi connectivity index (χ1v) is 9.40. The molecule has 9 heteroatoms. The number of rotatable bonds is 8.